The number of amides is 2. The summed E-state index contributed by atoms with van der Waals surface area (Å²) in [6.07, 6.45) is 2.52. The number of benzene rings is 3. The number of nitrogens with zero attached hydrogens (tertiary/aromatic N) is 1. The van der Waals surface area contributed by atoms with Gasteiger partial charge in [-0.15, -0.1) is 0 Å². The number of anilines is 1. The van der Waals surface area contributed by atoms with Gasteiger partial charge in [0.1, 0.15) is 0 Å². The highest BCUT2D eigenvalue weighted by molar-refractivity contribution is 6.24. The Kier molecular flexibility index (Phi) is 6.27. The molecule has 2 fully saturated rings. The van der Waals surface area contributed by atoms with Crippen molar-refractivity contribution in [1.82, 2.24) is 5.32 Å². The molecule has 2 aliphatic rings. The zero-order valence-electron chi connectivity index (χ0n) is 20.5. The highest BCUT2D eigenvalue weighted by Gasteiger charge is 2.70. The summed E-state index contributed by atoms with van der Waals surface area (Å²) < 4.78 is 0. The van der Waals surface area contributed by atoms with E-state index in [1.54, 1.807) is 31.2 Å². The van der Waals surface area contributed by atoms with Crippen LogP contribution in [0.4, 0.5) is 5.69 Å². The Hall–Kier alpha value is -4.07. The zero-order valence-corrected chi connectivity index (χ0v) is 20.5. The predicted octanol–water partition coefficient (Wildman–Crippen LogP) is 3.82. The molecule has 2 amide bonds. The second kappa shape index (κ2) is 9.42. The van der Waals surface area contributed by atoms with E-state index in [4.69, 9.17) is 0 Å². The van der Waals surface area contributed by atoms with Gasteiger partial charge in [0.05, 0.1) is 23.6 Å². The molecule has 0 aliphatic carbocycles. The van der Waals surface area contributed by atoms with Crippen LogP contribution >= 0.6 is 0 Å². The molecule has 7 nitrogen and oxygen atoms in total. The van der Waals surface area contributed by atoms with Crippen LogP contribution in [0.2, 0.25) is 0 Å². The van der Waals surface area contributed by atoms with E-state index < -0.39 is 47.3 Å². The molecule has 5 unspecified atom stereocenters. The number of fused-ring (bicyclic) bond motifs is 1. The fourth-order valence-electron chi connectivity index (χ4n) is 5.61. The van der Waals surface area contributed by atoms with Crippen molar-refractivity contribution < 1.29 is 24.6 Å². The molecule has 0 spiro atoms. The van der Waals surface area contributed by atoms with Gasteiger partial charge in [-0.3, -0.25) is 19.7 Å². The Morgan fingerprint density at radius 2 is 1.51 bits per heavy atom. The fourth-order valence-corrected chi connectivity index (χ4v) is 5.61. The minimum atomic E-state index is -2.01. The van der Waals surface area contributed by atoms with Crippen LogP contribution in [-0.2, 0) is 14.4 Å². The van der Waals surface area contributed by atoms with E-state index in [1.165, 1.54) is 6.92 Å². The molecule has 2 saturated heterocycles. The smallest absolute Gasteiger partial charge is 0.327 e. The molecule has 3 aromatic carbocycles. The quantitative estimate of drug-likeness (QED) is 0.354. The first-order chi connectivity index (χ1) is 17.8. The van der Waals surface area contributed by atoms with Crippen LogP contribution in [0.25, 0.3) is 12.2 Å². The lowest BCUT2D eigenvalue weighted by Gasteiger charge is -2.33. The van der Waals surface area contributed by atoms with Gasteiger partial charge in [-0.1, -0.05) is 84.9 Å². The summed E-state index contributed by atoms with van der Waals surface area (Å²) in [6, 6.07) is 23.5. The molecule has 5 atom stereocenters. The maximum Gasteiger partial charge on any atom is 0.327 e. The molecule has 188 valence electrons. The Bertz CT molecular complexity index is 1380. The molecular formula is C30H28N2O5. The van der Waals surface area contributed by atoms with Gasteiger partial charge >= 0.3 is 5.97 Å². The number of para-hydroxylation sites is 1. The van der Waals surface area contributed by atoms with Crippen LogP contribution in [0, 0.1) is 18.8 Å². The van der Waals surface area contributed by atoms with Gasteiger partial charge < -0.3 is 10.2 Å². The van der Waals surface area contributed by atoms with Crippen molar-refractivity contribution in [3.05, 3.63) is 101 Å². The number of aliphatic hydroxyl groups is 1. The van der Waals surface area contributed by atoms with E-state index in [-0.39, 0.29) is 0 Å². The normalized spacial score (nSPS) is 26.0. The van der Waals surface area contributed by atoms with Crippen molar-refractivity contribution >= 4 is 35.6 Å². The average Bonchev–Trinajstić information content (AvgIpc) is 3.39. The third kappa shape index (κ3) is 3.97. The zero-order chi connectivity index (χ0) is 26.3. The first kappa shape index (κ1) is 24.6. The summed E-state index contributed by atoms with van der Waals surface area (Å²) >= 11 is 0. The number of carbonyl (C=O) groups excluding carboxylic acids is 2. The maximum absolute atomic E-state index is 13.8. The van der Waals surface area contributed by atoms with Crippen LogP contribution in [0.5, 0.6) is 0 Å². The number of carboxylic acid groups (broad SMARTS) is 1. The molecule has 3 N–H and O–H groups in total. The highest BCUT2D eigenvalue weighted by atomic mass is 16.4. The average molecular weight is 497 g/mol. The second-order valence-corrected chi connectivity index (χ2v) is 9.68. The van der Waals surface area contributed by atoms with Crippen LogP contribution in [0.15, 0.2) is 78.9 Å². The summed E-state index contributed by atoms with van der Waals surface area (Å²) in [5, 5.41) is 24.0. The van der Waals surface area contributed by atoms with Crippen LogP contribution in [0.1, 0.15) is 35.2 Å². The van der Waals surface area contributed by atoms with Crippen molar-refractivity contribution in [1.29, 1.82) is 0 Å². The fraction of sp³-hybridized carbons (Fsp3) is 0.233. The summed E-state index contributed by atoms with van der Waals surface area (Å²) in [4.78, 5) is 41.2. The lowest BCUT2D eigenvalue weighted by molar-refractivity contribution is -0.154. The molecular weight excluding hydrogens is 468 g/mol. The summed E-state index contributed by atoms with van der Waals surface area (Å²) in [5.41, 5.74) is 1.80. The van der Waals surface area contributed by atoms with E-state index >= 15 is 0 Å². The molecule has 5 rings (SSSR count). The van der Waals surface area contributed by atoms with Crippen LogP contribution in [0.3, 0.4) is 0 Å². The van der Waals surface area contributed by atoms with E-state index in [0.717, 1.165) is 21.6 Å². The van der Waals surface area contributed by atoms with Crippen molar-refractivity contribution in [2.24, 2.45) is 11.8 Å². The predicted molar refractivity (Wildman–Crippen MR) is 140 cm³/mol. The molecule has 2 aliphatic heterocycles. The number of hydrogen-bond donors (Lipinski definition) is 3. The number of nitrogens with one attached hydrogen (secondary N) is 1. The van der Waals surface area contributed by atoms with E-state index in [2.05, 4.69) is 5.32 Å². The minimum absolute atomic E-state index is 0.428. The third-order valence-corrected chi connectivity index (χ3v) is 7.53. The molecule has 0 aromatic heterocycles. The molecule has 7 heteroatoms. The molecule has 0 saturated carbocycles. The Morgan fingerprint density at radius 1 is 0.919 bits per heavy atom. The van der Waals surface area contributed by atoms with E-state index in [0.29, 0.717) is 11.3 Å². The number of rotatable bonds is 6. The second-order valence-electron chi connectivity index (χ2n) is 9.68. The number of aliphatic carboxylic acids is 1. The SMILES string of the molecule is Cc1ccccc1N1C(=O)C2C(c3ccc(C=Cc4ccccc4)cc3)NC(C(=O)O)(C(C)O)C2C1=O. The molecule has 0 radical (unpaired) electrons. The molecule has 2 heterocycles. The number of aliphatic hydroxyl groups excluding tert-OH is 1. The topological polar surface area (TPSA) is 107 Å². The Morgan fingerprint density at radius 3 is 2.11 bits per heavy atom. The monoisotopic (exact) mass is 496 g/mol. The van der Waals surface area contributed by atoms with Crippen LogP contribution in [-0.4, -0.2) is 39.6 Å². The van der Waals surface area contributed by atoms with Gasteiger partial charge in [0.15, 0.2) is 5.54 Å². The van der Waals surface area contributed by atoms with Crippen molar-refractivity contribution in [3.63, 3.8) is 0 Å². The molecule has 3 aromatic rings. The summed E-state index contributed by atoms with van der Waals surface area (Å²) in [5.74, 6) is -4.71. The van der Waals surface area contributed by atoms with Gasteiger partial charge in [-0.2, -0.15) is 0 Å². The molecule has 37 heavy (non-hydrogen) atoms. The first-order valence-electron chi connectivity index (χ1n) is 12.2. The highest BCUT2D eigenvalue weighted by Crippen LogP contribution is 2.51. The van der Waals surface area contributed by atoms with Crippen molar-refractivity contribution in [2.45, 2.75) is 31.5 Å². The number of carboxylic acids is 1. The summed E-state index contributed by atoms with van der Waals surface area (Å²) in [7, 11) is 0. The van der Waals surface area contributed by atoms with Crippen LogP contribution < -0.4 is 10.2 Å². The van der Waals surface area contributed by atoms with Gasteiger partial charge in [0, 0.05) is 6.04 Å². The molecule has 0 bridgehead atoms. The van der Waals surface area contributed by atoms with Crippen molar-refractivity contribution in [3.8, 4) is 0 Å². The van der Waals surface area contributed by atoms with Gasteiger partial charge in [0.2, 0.25) is 11.8 Å². The standard InChI is InChI=1S/C30H28N2O5/c1-18-8-6-7-11-23(18)32-27(34)24-25(28(32)35)30(19(2)33,29(36)37)31-26(24)22-16-14-21(15-17-22)13-12-20-9-4-3-5-10-20/h3-17,19,24-26,31,33H,1-2H3,(H,36,37). The largest absolute Gasteiger partial charge is 0.480 e. The number of hydrogen-bond acceptors (Lipinski definition) is 5. The Balaban J connectivity index is 1.54. The maximum atomic E-state index is 13.8. The Labute approximate surface area is 215 Å². The van der Waals surface area contributed by atoms with Crippen molar-refractivity contribution in [2.75, 3.05) is 4.90 Å². The van der Waals surface area contributed by atoms with E-state index in [1.807, 2.05) is 66.7 Å². The lowest BCUT2D eigenvalue weighted by Crippen LogP contribution is -2.62. The van der Waals surface area contributed by atoms with E-state index in [9.17, 15) is 24.6 Å². The van der Waals surface area contributed by atoms with Gasteiger partial charge in [-0.05, 0) is 42.2 Å². The third-order valence-electron chi connectivity index (χ3n) is 7.53. The number of aryl methyl sites for hydroxylation is 1. The summed E-state index contributed by atoms with van der Waals surface area (Å²) in [6.45, 7) is 3.13. The number of carbonyl (C=O) groups is 3. The minimum Gasteiger partial charge on any atom is -0.480 e. The lowest BCUT2D eigenvalue weighted by atomic mass is 9.76. The van der Waals surface area contributed by atoms with Gasteiger partial charge in [0.25, 0.3) is 0 Å². The first-order valence-corrected chi connectivity index (χ1v) is 12.2. The van der Waals surface area contributed by atoms with Gasteiger partial charge in [-0.25, -0.2) is 4.90 Å². The number of imide groups is 1.